The molecular formula is C16H20N4O3. The predicted molar refractivity (Wildman–Crippen MR) is 80.7 cm³/mol. The zero-order chi connectivity index (χ0) is 15.8. The third kappa shape index (κ3) is 2.76. The van der Waals surface area contributed by atoms with Gasteiger partial charge < -0.3 is 14.1 Å². The molecule has 0 radical (unpaired) electrons. The maximum absolute atomic E-state index is 12.7. The van der Waals surface area contributed by atoms with Crippen molar-refractivity contribution in [1.82, 2.24) is 19.9 Å². The van der Waals surface area contributed by atoms with Gasteiger partial charge in [0.05, 0.1) is 18.6 Å². The van der Waals surface area contributed by atoms with Crippen LogP contribution in [-0.2, 0) is 18.2 Å². The molecule has 2 aliphatic rings. The fraction of sp³-hybridized carbons (Fsp3) is 0.562. The fourth-order valence-corrected chi connectivity index (χ4v) is 3.06. The lowest BCUT2D eigenvalue weighted by molar-refractivity contribution is 0.0334. The third-order valence-electron chi connectivity index (χ3n) is 4.57. The Hall–Kier alpha value is -2.15. The number of rotatable bonds is 5. The Morgan fingerprint density at radius 1 is 1.43 bits per heavy atom. The molecule has 23 heavy (non-hydrogen) atoms. The number of carbonyl (C=O) groups excluding carboxylic acids is 1. The predicted octanol–water partition coefficient (Wildman–Crippen LogP) is 1.57. The zero-order valence-corrected chi connectivity index (χ0v) is 13.1. The van der Waals surface area contributed by atoms with Crippen LogP contribution in [0.4, 0.5) is 0 Å². The molecule has 3 heterocycles. The molecule has 122 valence electrons. The minimum atomic E-state index is -0.205. The van der Waals surface area contributed by atoms with Gasteiger partial charge in [-0.2, -0.15) is 0 Å². The molecule has 1 aliphatic carbocycles. The fourth-order valence-electron chi connectivity index (χ4n) is 3.06. The molecule has 0 spiro atoms. The number of furan rings is 1. The SMILES string of the molecule is Cn1nnc2c1CCN(C(=O)c1ccco1)[C@@H]2COCC1CC1. The molecule has 0 aromatic carbocycles. The summed E-state index contributed by atoms with van der Waals surface area (Å²) in [5, 5.41) is 8.38. The quantitative estimate of drug-likeness (QED) is 0.837. The Morgan fingerprint density at radius 2 is 2.30 bits per heavy atom. The first kappa shape index (κ1) is 14.4. The van der Waals surface area contributed by atoms with Crippen LogP contribution >= 0.6 is 0 Å². The van der Waals surface area contributed by atoms with E-state index < -0.39 is 0 Å². The first-order valence-corrected chi connectivity index (χ1v) is 8.04. The van der Waals surface area contributed by atoms with Crippen molar-refractivity contribution in [3.8, 4) is 0 Å². The molecule has 0 N–H and O–H groups in total. The highest BCUT2D eigenvalue weighted by atomic mass is 16.5. The van der Waals surface area contributed by atoms with Crippen LogP contribution in [0.25, 0.3) is 0 Å². The average Bonchev–Trinajstić information content (AvgIpc) is 3.07. The number of fused-ring (bicyclic) bond motifs is 1. The molecule has 7 nitrogen and oxygen atoms in total. The maximum atomic E-state index is 12.7. The van der Waals surface area contributed by atoms with Crippen LogP contribution in [0.2, 0.25) is 0 Å². The van der Waals surface area contributed by atoms with Crippen LogP contribution in [0.3, 0.4) is 0 Å². The van der Waals surface area contributed by atoms with Crippen molar-refractivity contribution in [3.63, 3.8) is 0 Å². The van der Waals surface area contributed by atoms with Crippen LogP contribution in [0.1, 0.15) is 40.8 Å². The molecular weight excluding hydrogens is 296 g/mol. The molecule has 1 atom stereocenters. The topological polar surface area (TPSA) is 73.4 Å². The third-order valence-corrected chi connectivity index (χ3v) is 4.57. The first-order valence-electron chi connectivity index (χ1n) is 8.04. The van der Waals surface area contributed by atoms with Gasteiger partial charge >= 0.3 is 0 Å². The van der Waals surface area contributed by atoms with Crippen LogP contribution in [-0.4, -0.2) is 45.6 Å². The van der Waals surface area contributed by atoms with E-state index >= 15 is 0 Å². The van der Waals surface area contributed by atoms with Gasteiger partial charge in [-0.3, -0.25) is 9.48 Å². The summed E-state index contributed by atoms with van der Waals surface area (Å²) in [5.74, 6) is 0.921. The number of carbonyl (C=O) groups is 1. The van der Waals surface area contributed by atoms with Crippen LogP contribution in [0.5, 0.6) is 0 Å². The van der Waals surface area contributed by atoms with Crippen molar-refractivity contribution in [2.45, 2.75) is 25.3 Å². The van der Waals surface area contributed by atoms with Crippen molar-refractivity contribution in [1.29, 1.82) is 0 Å². The Bertz CT molecular complexity index is 690. The summed E-state index contributed by atoms with van der Waals surface area (Å²) in [6, 6.07) is 3.21. The maximum Gasteiger partial charge on any atom is 0.290 e. The molecule has 0 unspecified atom stereocenters. The lowest BCUT2D eigenvalue weighted by Crippen LogP contribution is -2.42. The van der Waals surface area contributed by atoms with E-state index in [2.05, 4.69) is 10.3 Å². The zero-order valence-electron chi connectivity index (χ0n) is 13.1. The number of aryl methyl sites for hydroxylation is 1. The minimum Gasteiger partial charge on any atom is -0.459 e. The normalized spacial score (nSPS) is 20.6. The Labute approximate surface area is 134 Å². The number of aromatic nitrogens is 3. The highest BCUT2D eigenvalue weighted by Gasteiger charge is 2.36. The molecule has 0 bridgehead atoms. The Balaban J connectivity index is 1.57. The highest BCUT2D eigenvalue weighted by molar-refractivity contribution is 5.91. The molecule has 1 aliphatic heterocycles. The van der Waals surface area contributed by atoms with Gasteiger partial charge in [-0.05, 0) is 30.9 Å². The van der Waals surface area contributed by atoms with Crippen molar-refractivity contribution in [3.05, 3.63) is 35.5 Å². The number of ether oxygens (including phenoxy) is 1. The van der Waals surface area contributed by atoms with Gasteiger partial charge in [-0.1, -0.05) is 5.21 Å². The molecule has 2 aromatic rings. The molecule has 2 aromatic heterocycles. The highest BCUT2D eigenvalue weighted by Crippen LogP contribution is 2.32. The lowest BCUT2D eigenvalue weighted by atomic mass is 10.0. The monoisotopic (exact) mass is 316 g/mol. The van der Waals surface area contributed by atoms with Gasteiger partial charge in [-0.25, -0.2) is 0 Å². The van der Waals surface area contributed by atoms with Crippen LogP contribution < -0.4 is 0 Å². The van der Waals surface area contributed by atoms with Gasteiger partial charge in [0.2, 0.25) is 0 Å². The van der Waals surface area contributed by atoms with E-state index in [9.17, 15) is 4.79 Å². The average molecular weight is 316 g/mol. The van der Waals surface area contributed by atoms with Gasteiger partial charge in [0.25, 0.3) is 5.91 Å². The molecule has 1 saturated carbocycles. The van der Waals surface area contributed by atoms with Crippen molar-refractivity contribution >= 4 is 5.91 Å². The van der Waals surface area contributed by atoms with Crippen molar-refractivity contribution < 1.29 is 13.9 Å². The number of nitrogens with zero attached hydrogens (tertiary/aromatic N) is 4. The van der Waals surface area contributed by atoms with E-state index in [1.807, 2.05) is 7.05 Å². The van der Waals surface area contributed by atoms with Crippen molar-refractivity contribution in [2.24, 2.45) is 13.0 Å². The van der Waals surface area contributed by atoms with E-state index in [4.69, 9.17) is 9.15 Å². The van der Waals surface area contributed by atoms with E-state index in [0.29, 0.717) is 24.8 Å². The smallest absolute Gasteiger partial charge is 0.290 e. The summed E-state index contributed by atoms with van der Waals surface area (Å²) in [6.07, 6.45) is 4.75. The minimum absolute atomic E-state index is 0.119. The van der Waals surface area contributed by atoms with E-state index in [1.54, 1.807) is 21.7 Å². The van der Waals surface area contributed by atoms with Crippen molar-refractivity contribution in [2.75, 3.05) is 19.8 Å². The second-order valence-corrected chi connectivity index (χ2v) is 6.27. The molecule has 1 fully saturated rings. The van der Waals surface area contributed by atoms with Gasteiger partial charge in [0.1, 0.15) is 11.7 Å². The standard InChI is InChI=1S/C16H20N4O3/c1-19-12-6-7-20(16(21)14-3-2-8-23-14)13(15(12)17-18-19)10-22-9-11-4-5-11/h2-3,8,11,13H,4-7,9-10H2,1H3/t13-/m1/s1. The first-order chi connectivity index (χ1) is 11.2. The summed E-state index contributed by atoms with van der Waals surface area (Å²) in [5.41, 5.74) is 1.92. The number of hydrogen-bond acceptors (Lipinski definition) is 5. The Kier molecular flexibility index (Phi) is 3.65. The van der Waals surface area contributed by atoms with Crippen LogP contribution in [0, 0.1) is 5.92 Å². The molecule has 7 heteroatoms. The molecule has 0 saturated heterocycles. The van der Waals surface area contributed by atoms with E-state index in [0.717, 1.165) is 24.4 Å². The number of amides is 1. The van der Waals surface area contributed by atoms with Gasteiger partial charge in [-0.15, -0.1) is 5.10 Å². The summed E-state index contributed by atoms with van der Waals surface area (Å²) in [6.45, 7) is 1.83. The summed E-state index contributed by atoms with van der Waals surface area (Å²) in [7, 11) is 1.89. The second-order valence-electron chi connectivity index (χ2n) is 6.27. The van der Waals surface area contributed by atoms with E-state index in [-0.39, 0.29) is 11.9 Å². The lowest BCUT2D eigenvalue weighted by Gasteiger charge is -2.34. The second kappa shape index (κ2) is 5.81. The van der Waals surface area contributed by atoms with Crippen LogP contribution in [0.15, 0.2) is 22.8 Å². The summed E-state index contributed by atoms with van der Waals surface area (Å²) < 4.78 is 12.9. The summed E-state index contributed by atoms with van der Waals surface area (Å²) >= 11 is 0. The van der Waals surface area contributed by atoms with Gasteiger partial charge in [0.15, 0.2) is 5.76 Å². The Morgan fingerprint density at radius 3 is 3.04 bits per heavy atom. The summed E-state index contributed by atoms with van der Waals surface area (Å²) in [4.78, 5) is 14.5. The van der Waals surface area contributed by atoms with E-state index in [1.165, 1.54) is 19.1 Å². The molecule has 4 rings (SSSR count). The molecule has 1 amide bonds. The number of hydrogen-bond donors (Lipinski definition) is 0. The van der Waals surface area contributed by atoms with Gasteiger partial charge in [0, 0.05) is 26.6 Å². The largest absolute Gasteiger partial charge is 0.459 e.